The molecule has 1 aromatic heterocycles. The van der Waals surface area contributed by atoms with E-state index in [-0.39, 0.29) is 0 Å². The molecule has 1 aliphatic heterocycles. The fourth-order valence-corrected chi connectivity index (χ4v) is 3.57. The molecule has 0 radical (unpaired) electrons. The quantitative estimate of drug-likeness (QED) is 0.628. The summed E-state index contributed by atoms with van der Waals surface area (Å²) in [4.78, 5) is 14.0. The Morgan fingerprint density at radius 1 is 0.933 bits per heavy atom. The summed E-state index contributed by atoms with van der Waals surface area (Å²) in [5.74, 6) is 1.63. The smallest absolute Gasteiger partial charge is 0.227 e. The van der Waals surface area contributed by atoms with Gasteiger partial charge in [0.1, 0.15) is 5.82 Å². The van der Waals surface area contributed by atoms with E-state index in [0.717, 1.165) is 56.6 Å². The van der Waals surface area contributed by atoms with E-state index in [1.807, 2.05) is 18.3 Å². The lowest BCUT2D eigenvalue weighted by molar-refractivity contribution is 0.283. The Bertz CT molecular complexity index is 945. The summed E-state index contributed by atoms with van der Waals surface area (Å²) in [5, 5.41) is 3.39. The summed E-state index contributed by atoms with van der Waals surface area (Å²) in [6.45, 7) is 7.04. The average molecular weight is 400 g/mol. The molecule has 5 heteroatoms. The van der Waals surface area contributed by atoms with Crippen molar-refractivity contribution in [2.45, 2.75) is 13.3 Å². The third-order valence-electron chi connectivity index (χ3n) is 5.41. The van der Waals surface area contributed by atoms with Crippen LogP contribution >= 0.6 is 0 Å². The molecular formula is C25H29N5. The Kier molecular flexibility index (Phi) is 6.72. The van der Waals surface area contributed by atoms with E-state index in [0.29, 0.717) is 0 Å². The van der Waals surface area contributed by atoms with Crippen LogP contribution < -0.4 is 10.2 Å². The molecule has 1 fully saturated rings. The molecule has 154 valence electrons. The normalized spacial score (nSPS) is 14.9. The number of nitrogens with one attached hydrogen (secondary N) is 1. The number of aromatic nitrogens is 2. The standard InChI is InChI=1S/C25H29N5/c1-2-21-10-12-23(13-11-21)27-24-14-15-26-25(28-24)30-19-17-29(18-20-30)16-6-9-22-7-4-3-5-8-22/h3-15H,2,16-20H2,1H3,(H,26,27,28)/b9-6+. The van der Waals surface area contributed by atoms with Crippen LogP contribution in [0.15, 0.2) is 72.9 Å². The third kappa shape index (κ3) is 5.45. The van der Waals surface area contributed by atoms with Gasteiger partial charge in [-0.25, -0.2) is 4.98 Å². The highest BCUT2D eigenvalue weighted by molar-refractivity contribution is 5.57. The zero-order valence-electron chi connectivity index (χ0n) is 17.5. The van der Waals surface area contributed by atoms with Gasteiger partial charge >= 0.3 is 0 Å². The zero-order chi connectivity index (χ0) is 20.6. The maximum Gasteiger partial charge on any atom is 0.227 e. The van der Waals surface area contributed by atoms with Crippen molar-refractivity contribution in [2.75, 3.05) is 42.9 Å². The number of rotatable bonds is 7. The molecule has 1 aliphatic rings. The Morgan fingerprint density at radius 2 is 1.70 bits per heavy atom. The van der Waals surface area contributed by atoms with Gasteiger partial charge < -0.3 is 10.2 Å². The number of nitrogens with zero attached hydrogens (tertiary/aromatic N) is 4. The largest absolute Gasteiger partial charge is 0.340 e. The van der Waals surface area contributed by atoms with Crippen LogP contribution in [0.4, 0.5) is 17.5 Å². The lowest BCUT2D eigenvalue weighted by atomic mass is 10.1. The summed E-state index contributed by atoms with van der Waals surface area (Å²) >= 11 is 0. The third-order valence-corrected chi connectivity index (χ3v) is 5.41. The van der Waals surface area contributed by atoms with Gasteiger partial charge in [-0.2, -0.15) is 4.98 Å². The molecule has 3 aromatic rings. The molecule has 30 heavy (non-hydrogen) atoms. The first-order valence-electron chi connectivity index (χ1n) is 10.7. The molecular weight excluding hydrogens is 370 g/mol. The van der Waals surface area contributed by atoms with Crippen LogP contribution in [0.25, 0.3) is 6.08 Å². The highest BCUT2D eigenvalue weighted by atomic mass is 15.3. The molecule has 1 N–H and O–H groups in total. The van der Waals surface area contributed by atoms with Crippen LogP contribution in [0, 0.1) is 0 Å². The second-order valence-corrected chi connectivity index (χ2v) is 7.52. The van der Waals surface area contributed by atoms with Gasteiger partial charge in [0.15, 0.2) is 0 Å². The number of benzene rings is 2. The first-order chi connectivity index (χ1) is 14.8. The summed E-state index contributed by atoms with van der Waals surface area (Å²) < 4.78 is 0. The van der Waals surface area contributed by atoms with E-state index in [1.54, 1.807) is 0 Å². The average Bonchev–Trinajstić information content (AvgIpc) is 2.81. The van der Waals surface area contributed by atoms with Gasteiger partial charge in [0, 0.05) is 44.6 Å². The Labute approximate surface area is 179 Å². The van der Waals surface area contributed by atoms with Crippen LogP contribution in [0.3, 0.4) is 0 Å². The molecule has 0 aliphatic carbocycles. The monoisotopic (exact) mass is 399 g/mol. The molecule has 0 spiro atoms. The number of anilines is 3. The van der Waals surface area contributed by atoms with Crippen molar-refractivity contribution in [2.24, 2.45) is 0 Å². The molecule has 5 nitrogen and oxygen atoms in total. The number of hydrogen-bond donors (Lipinski definition) is 1. The first-order valence-corrected chi connectivity index (χ1v) is 10.7. The SMILES string of the molecule is CCc1ccc(Nc2ccnc(N3CCN(C/C=C/c4ccccc4)CC3)n2)cc1. The fraction of sp³-hybridized carbons (Fsp3) is 0.280. The molecule has 0 saturated carbocycles. The number of hydrogen-bond acceptors (Lipinski definition) is 5. The minimum atomic E-state index is 0.796. The predicted octanol–water partition coefficient (Wildman–Crippen LogP) is 4.62. The maximum absolute atomic E-state index is 4.73. The Hall–Kier alpha value is -3.18. The zero-order valence-corrected chi connectivity index (χ0v) is 17.5. The first kappa shape index (κ1) is 20.1. The molecule has 0 atom stereocenters. The van der Waals surface area contributed by atoms with Crippen molar-refractivity contribution in [3.05, 3.63) is 84.1 Å². The van der Waals surface area contributed by atoms with Crippen molar-refractivity contribution in [1.82, 2.24) is 14.9 Å². The molecule has 0 amide bonds. The molecule has 2 aromatic carbocycles. The number of piperazine rings is 1. The van der Waals surface area contributed by atoms with Gasteiger partial charge in [-0.1, -0.05) is 61.5 Å². The highest BCUT2D eigenvalue weighted by Gasteiger charge is 2.18. The second-order valence-electron chi connectivity index (χ2n) is 7.52. The molecule has 0 unspecified atom stereocenters. The van der Waals surface area contributed by atoms with Gasteiger partial charge in [0.2, 0.25) is 5.95 Å². The number of aryl methyl sites for hydroxylation is 1. The summed E-state index contributed by atoms with van der Waals surface area (Å²) in [7, 11) is 0. The van der Waals surface area contributed by atoms with E-state index >= 15 is 0 Å². The topological polar surface area (TPSA) is 44.3 Å². The predicted molar refractivity (Wildman–Crippen MR) is 125 cm³/mol. The van der Waals surface area contributed by atoms with Gasteiger partial charge in [0.25, 0.3) is 0 Å². The lowest BCUT2D eigenvalue weighted by Gasteiger charge is -2.34. The van der Waals surface area contributed by atoms with Gasteiger partial charge in [-0.15, -0.1) is 0 Å². The van der Waals surface area contributed by atoms with Crippen LogP contribution in [-0.4, -0.2) is 47.6 Å². The van der Waals surface area contributed by atoms with Crippen molar-refractivity contribution in [3.8, 4) is 0 Å². The Balaban J connectivity index is 1.30. The van der Waals surface area contributed by atoms with E-state index in [1.165, 1.54) is 11.1 Å². The van der Waals surface area contributed by atoms with Gasteiger partial charge in [-0.05, 0) is 35.7 Å². The minimum absolute atomic E-state index is 0.796. The van der Waals surface area contributed by atoms with Crippen LogP contribution in [0.1, 0.15) is 18.1 Å². The van der Waals surface area contributed by atoms with Crippen molar-refractivity contribution in [1.29, 1.82) is 0 Å². The van der Waals surface area contributed by atoms with Gasteiger partial charge in [-0.3, -0.25) is 4.90 Å². The van der Waals surface area contributed by atoms with E-state index in [4.69, 9.17) is 4.98 Å². The summed E-state index contributed by atoms with van der Waals surface area (Å²) in [6, 6.07) is 20.9. The molecule has 4 rings (SSSR count). The van der Waals surface area contributed by atoms with Crippen molar-refractivity contribution >= 4 is 23.5 Å². The van der Waals surface area contributed by atoms with Gasteiger partial charge in [0.05, 0.1) is 0 Å². The van der Waals surface area contributed by atoms with Crippen molar-refractivity contribution < 1.29 is 0 Å². The second kappa shape index (κ2) is 10.0. The van der Waals surface area contributed by atoms with Crippen LogP contribution in [0.5, 0.6) is 0 Å². The van der Waals surface area contributed by atoms with Crippen LogP contribution in [0.2, 0.25) is 0 Å². The fourth-order valence-electron chi connectivity index (χ4n) is 3.57. The minimum Gasteiger partial charge on any atom is -0.340 e. The highest BCUT2D eigenvalue weighted by Crippen LogP contribution is 2.18. The maximum atomic E-state index is 4.73. The lowest BCUT2D eigenvalue weighted by Crippen LogP contribution is -2.46. The molecule has 0 bridgehead atoms. The van der Waals surface area contributed by atoms with Crippen molar-refractivity contribution in [3.63, 3.8) is 0 Å². The van der Waals surface area contributed by atoms with E-state index in [9.17, 15) is 0 Å². The van der Waals surface area contributed by atoms with E-state index in [2.05, 4.69) is 87.7 Å². The van der Waals surface area contributed by atoms with E-state index < -0.39 is 0 Å². The van der Waals surface area contributed by atoms with Crippen LogP contribution in [-0.2, 0) is 6.42 Å². The Morgan fingerprint density at radius 3 is 2.43 bits per heavy atom. The molecule has 2 heterocycles. The summed E-state index contributed by atoms with van der Waals surface area (Å²) in [5.41, 5.74) is 3.63. The molecule has 1 saturated heterocycles. The summed E-state index contributed by atoms with van der Waals surface area (Å²) in [6.07, 6.45) is 7.32.